The van der Waals surface area contributed by atoms with E-state index in [1.807, 2.05) is 29.2 Å². The molecule has 0 bridgehead atoms. The van der Waals surface area contributed by atoms with E-state index in [1.165, 1.54) is 5.56 Å². The lowest BCUT2D eigenvalue weighted by Crippen LogP contribution is -2.48. The van der Waals surface area contributed by atoms with Crippen LogP contribution in [0.25, 0.3) is 0 Å². The summed E-state index contributed by atoms with van der Waals surface area (Å²) in [6, 6.07) is 13.8. The molecule has 3 heterocycles. The first-order valence-electron chi connectivity index (χ1n) is 9.10. The Morgan fingerprint density at radius 2 is 1.88 bits per heavy atom. The molecule has 1 aromatic carbocycles. The van der Waals surface area contributed by atoms with E-state index in [9.17, 15) is 9.59 Å². The van der Waals surface area contributed by atoms with Gasteiger partial charge in [0.15, 0.2) is 0 Å². The summed E-state index contributed by atoms with van der Waals surface area (Å²) in [4.78, 5) is 31.3. The fraction of sp³-hybridized carbons (Fsp3) is 0.400. The molecule has 4 rings (SSSR count). The van der Waals surface area contributed by atoms with Gasteiger partial charge in [-0.1, -0.05) is 30.3 Å². The first-order chi connectivity index (χ1) is 12.7. The first-order valence-corrected chi connectivity index (χ1v) is 9.10. The molecule has 2 fully saturated rings. The summed E-state index contributed by atoms with van der Waals surface area (Å²) >= 11 is 0. The Morgan fingerprint density at radius 3 is 2.58 bits per heavy atom. The molecule has 136 valence electrons. The maximum absolute atomic E-state index is 12.4. The van der Waals surface area contributed by atoms with Gasteiger partial charge in [0.25, 0.3) is 5.91 Å². The van der Waals surface area contributed by atoms with Crippen molar-refractivity contribution in [3.63, 3.8) is 0 Å². The number of rotatable bonds is 4. The van der Waals surface area contributed by atoms with Gasteiger partial charge in [-0.2, -0.15) is 0 Å². The summed E-state index contributed by atoms with van der Waals surface area (Å²) in [5, 5.41) is 0. The highest BCUT2D eigenvalue weighted by Gasteiger charge is 2.47. The molecule has 0 saturated carbocycles. The van der Waals surface area contributed by atoms with Crippen molar-refractivity contribution in [2.24, 2.45) is 0 Å². The molecule has 0 unspecified atom stereocenters. The molecule has 2 aliphatic heterocycles. The number of aromatic amines is 1. The van der Waals surface area contributed by atoms with E-state index in [-0.39, 0.29) is 12.0 Å². The van der Waals surface area contributed by atoms with Crippen molar-refractivity contribution in [1.82, 2.24) is 14.8 Å². The lowest BCUT2D eigenvalue weighted by Gasteiger charge is -2.37. The Labute approximate surface area is 152 Å². The second-order valence-corrected chi connectivity index (χ2v) is 7.08. The van der Waals surface area contributed by atoms with Crippen molar-refractivity contribution in [3.8, 4) is 0 Å². The van der Waals surface area contributed by atoms with Crippen molar-refractivity contribution in [2.45, 2.75) is 24.9 Å². The van der Waals surface area contributed by atoms with Crippen LogP contribution in [0.4, 0.5) is 4.79 Å². The Kier molecular flexibility index (Phi) is 4.41. The largest absolute Gasteiger partial charge is 0.441 e. The van der Waals surface area contributed by atoms with Crippen molar-refractivity contribution in [1.29, 1.82) is 0 Å². The number of aromatic nitrogens is 1. The Balaban J connectivity index is 1.33. The number of amides is 2. The molecular weight excluding hydrogens is 330 g/mol. The van der Waals surface area contributed by atoms with Gasteiger partial charge in [-0.05, 0) is 24.1 Å². The minimum Gasteiger partial charge on any atom is -0.441 e. The van der Waals surface area contributed by atoms with E-state index in [4.69, 9.17) is 4.74 Å². The van der Waals surface area contributed by atoms with E-state index in [0.29, 0.717) is 44.7 Å². The van der Waals surface area contributed by atoms with Crippen molar-refractivity contribution in [3.05, 3.63) is 59.9 Å². The number of benzene rings is 1. The molecule has 0 aliphatic carbocycles. The average molecular weight is 353 g/mol. The quantitative estimate of drug-likeness (QED) is 0.919. The molecule has 1 spiro atoms. The highest BCUT2D eigenvalue weighted by Crippen LogP contribution is 2.33. The van der Waals surface area contributed by atoms with Gasteiger partial charge in [0.05, 0.1) is 6.54 Å². The lowest BCUT2D eigenvalue weighted by atomic mass is 9.91. The van der Waals surface area contributed by atoms with Crippen molar-refractivity contribution in [2.75, 3.05) is 26.2 Å². The minimum absolute atomic E-state index is 0.00936. The summed E-state index contributed by atoms with van der Waals surface area (Å²) in [5.41, 5.74) is 1.38. The summed E-state index contributed by atoms with van der Waals surface area (Å²) in [6.45, 7) is 2.49. The highest BCUT2D eigenvalue weighted by molar-refractivity contribution is 5.92. The van der Waals surface area contributed by atoms with Gasteiger partial charge < -0.3 is 19.5 Å². The molecule has 1 N–H and O–H groups in total. The van der Waals surface area contributed by atoms with Gasteiger partial charge in [-0.15, -0.1) is 0 Å². The number of carbonyl (C=O) groups is 2. The molecule has 6 heteroatoms. The number of piperidine rings is 1. The Bertz CT molecular complexity index is 765. The predicted octanol–water partition coefficient (Wildman–Crippen LogP) is 2.68. The predicted molar refractivity (Wildman–Crippen MR) is 96.9 cm³/mol. The molecular formula is C20H23N3O3. The molecule has 1 aromatic heterocycles. The Morgan fingerprint density at radius 1 is 1.12 bits per heavy atom. The van der Waals surface area contributed by atoms with Crippen LogP contribution in [-0.2, 0) is 11.2 Å². The third-order valence-electron chi connectivity index (χ3n) is 5.34. The van der Waals surface area contributed by atoms with Crippen LogP contribution >= 0.6 is 0 Å². The van der Waals surface area contributed by atoms with Crippen LogP contribution in [0.5, 0.6) is 0 Å². The van der Waals surface area contributed by atoms with Crippen LogP contribution in [0, 0.1) is 0 Å². The van der Waals surface area contributed by atoms with Gasteiger partial charge in [0.2, 0.25) is 0 Å². The molecule has 2 aliphatic rings. The molecule has 2 saturated heterocycles. The maximum atomic E-state index is 12.4. The van der Waals surface area contributed by atoms with Crippen LogP contribution in [0.15, 0.2) is 48.7 Å². The van der Waals surface area contributed by atoms with Gasteiger partial charge in [-0.25, -0.2) is 4.79 Å². The number of nitrogens with one attached hydrogen (secondary N) is 1. The third-order valence-corrected chi connectivity index (χ3v) is 5.34. The zero-order chi connectivity index (χ0) is 18.0. The molecule has 26 heavy (non-hydrogen) atoms. The van der Waals surface area contributed by atoms with Crippen LogP contribution in [0.3, 0.4) is 0 Å². The normalized spacial score (nSPS) is 19.0. The van der Waals surface area contributed by atoms with Gasteiger partial charge in [-0.3, -0.25) is 4.79 Å². The second-order valence-electron chi connectivity index (χ2n) is 7.08. The molecule has 0 radical (unpaired) electrons. The van der Waals surface area contributed by atoms with E-state index >= 15 is 0 Å². The monoisotopic (exact) mass is 353 g/mol. The van der Waals surface area contributed by atoms with Crippen LogP contribution in [0.2, 0.25) is 0 Å². The van der Waals surface area contributed by atoms with E-state index in [1.54, 1.807) is 17.2 Å². The lowest BCUT2D eigenvalue weighted by molar-refractivity contribution is 0.00299. The first kappa shape index (κ1) is 16.7. The maximum Gasteiger partial charge on any atom is 0.410 e. The number of hydrogen-bond acceptors (Lipinski definition) is 3. The van der Waals surface area contributed by atoms with E-state index in [2.05, 4.69) is 17.1 Å². The summed E-state index contributed by atoms with van der Waals surface area (Å²) in [6.07, 6.45) is 3.72. The average Bonchev–Trinajstić information content (AvgIpc) is 3.30. The molecule has 2 amide bonds. The Hall–Kier alpha value is -2.76. The smallest absolute Gasteiger partial charge is 0.410 e. The number of carbonyl (C=O) groups excluding carboxylic acids is 2. The van der Waals surface area contributed by atoms with E-state index in [0.717, 1.165) is 6.42 Å². The van der Waals surface area contributed by atoms with Gasteiger partial charge >= 0.3 is 6.09 Å². The SMILES string of the molecule is O=C1OC2(CCN(C(=O)c3ccc[nH]3)CC2)CN1CCc1ccccc1. The number of H-pyrrole nitrogens is 1. The standard InChI is InChI=1S/C20H23N3O3/c24-18(17-7-4-11-21-17)22-13-9-20(10-14-22)15-23(19(25)26-20)12-8-16-5-2-1-3-6-16/h1-7,11,21H,8-10,12-15H2. The zero-order valence-corrected chi connectivity index (χ0v) is 14.7. The number of nitrogens with zero attached hydrogens (tertiary/aromatic N) is 2. The summed E-state index contributed by atoms with van der Waals surface area (Å²) in [5.74, 6) is 0.00936. The van der Waals surface area contributed by atoms with Crippen molar-refractivity contribution >= 4 is 12.0 Å². The van der Waals surface area contributed by atoms with Crippen LogP contribution in [0.1, 0.15) is 28.9 Å². The van der Waals surface area contributed by atoms with E-state index < -0.39 is 5.60 Å². The van der Waals surface area contributed by atoms with Crippen LogP contribution in [-0.4, -0.2) is 58.6 Å². The fourth-order valence-electron chi connectivity index (χ4n) is 3.78. The highest BCUT2D eigenvalue weighted by atomic mass is 16.6. The van der Waals surface area contributed by atoms with Gasteiger partial charge in [0.1, 0.15) is 11.3 Å². The third kappa shape index (κ3) is 3.31. The fourth-order valence-corrected chi connectivity index (χ4v) is 3.78. The number of hydrogen-bond donors (Lipinski definition) is 1. The second kappa shape index (κ2) is 6.86. The number of likely N-dealkylation sites (tertiary alicyclic amines) is 1. The molecule has 6 nitrogen and oxygen atoms in total. The molecule has 2 aromatic rings. The topological polar surface area (TPSA) is 65.6 Å². The summed E-state index contributed by atoms with van der Waals surface area (Å²) < 4.78 is 5.75. The molecule has 0 atom stereocenters. The number of ether oxygens (including phenoxy) is 1. The van der Waals surface area contributed by atoms with Crippen molar-refractivity contribution < 1.29 is 14.3 Å². The summed E-state index contributed by atoms with van der Waals surface area (Å²) in [7, 11) is 0. The minimum atomic E-state index is -0.444. The zero-order valence-electron chi connectivity index (χ0n) is 14.7. The van der Waals surface area contributed by atoms with Crippen LogP contribution < -0.4 is 0 Å². The van der Waals surface area contributed by atoms with Gasteiger partial charge in [0, 0.05) is 38.7 Å².